The Balaban J connectivity index is 1.73. The van der Waals surface area contributed by atoms with E-state index >= 15 is 0 Å². The first kappa shape index (κ1) is 14.6. The molecular weight excluding hydrogens is 344 g/mol. The lowest BCUT2D eigenvalue weighted by atomic mass is 10.3. The van der Waals surface area contributed by atoms with Gasteiger partial charge in [0, 0.05) is 21.9 Å². The number of anilines is 3. The van der Waals surface area contributed by atoms with Gasteiger partial charge in [-0.3, -0.25) is 0 Å². The van der Waals surface area contributed by atoms with Crippen molar-refractivity contribution in [1.82, 2.24) is 9.97 Å². The summed E-state index contributed by atoms with van der Waals surface area (Å²) < 4.78 is 6.33. The fraction of sp³-hybridized carbons (Fsp3) is 0.125. The van der Waals surface area contributed by atoms with Crippen LogP contribution in [0.2, 0.25) is 0 Å². The van der Waals surface area contributed by atoms with E-state index in [4.69, 9.17) is 4.42 Å². The van der Waals surface area contributed by atoms with Crippen molar-refractivity contribution in [1.29, 1.82) is 0 Å². The van der Waals surface area contributed by atoms with Crippen molar-refractivity contribution in [3.8, 4) is 0 Å². The molecule has 2 N–H and O–H groups in total. The van der Waals surface area contributed by atoms with E-state index in [0.29, 0.717) is 12.5 Å². The molecule has 0 aliphatic heterocycles. The van der Waals surface area contributed by atoms with Crippen LogP contribution in [0.15, 0.2) is 57.6 Å². The maximum atomic E-state index is 5.30. The van der Waals surface area contributed by atoms with Crippen LogP contribution in [-0.2, 0) is 6.54 Å². The zero-order valence-corrected chi connectivity index (χ0v) is 13.6. The number of halogens is 1. The highest BCUT2D eigenvalue weighted by atomic mass is 79.9. The molecule has 6 heteroatoms. The molecule has 22 heavy (non-hydrogen) atoms. The van der Waals surface area contributed by atoms with E-state index in [1.54, 1.807) is 6.26 Å². The largest absolute Gasteiger partial charge is 0.467 e. The van der Waals surface area contributed by atoms with Crippen molar-refractivity contribution in [3.05, 3.63) is 64.7 Å². The molecule has 1 aromatic carbocycles. The molecule has 0 radical (unpaired) electrons. The summed E-state index contributed by atoms with van der Waals surface area (Å²) in [6.45, 7) is 2.52. The summed E-state index contributed by atoms with van der Waals surface area (Å²) >= 11 is 3.42. The van der Waals surface area contributed by atoms with Gasteiger partial charge in [0.05, 0.1) is 12.8 Å². The minimum absolute atomic E-state index is 0.560. The molecule has 5 nitrogen and oxygen atoms in total. The lowest BCUT2D eigenvalue weighted by Crippen LogP contribution is -2.05. The summed E-state index contributed by atoms with van der Waals surface area (Å²) in [5, 5.41) is 6.43. The quantitative estimate of drug-likeness (QED) is 0.703. The van der Waals surface area contributed by atoms with E-state index in [2.05, 4.69) is 36.5 Å². The third-order valence-corrected chi connectivity index (χ3v) is 3.51. The van der Waals surface area contributed by atoms with Crippen molar-refractivity contribution in [3.63, 3.8) is 0 Å². The van der Waals surface area contributed by atoms with Crippen LogP contribution < -0.4 is 10.6 Å². The molecule has 2 heterocycles. The molecule has 0 unspecified atom stereocenters. The summed E-state index contributed by atoms with van der Waals surface area (Å²) in [6, 6.07) is 13.5. The van der Waals surface area contributed by atoms with Gasteiger partial charge in [-0.25, -0.2) is 4.98 Å². The Morgan fingerprint density at radius 3 is 2.68 bits per heavy atom. The zero-order chi connectivity index (χ0) is 15.4. The molecule has 0 saturated carbocycles. The Kier molecular flexibility index (Phi) is 4.39. The predicted octanol–water partition coefficient (Wildman–Crippen LogP) is 4.50. The average molecular weight is 359 g/mol. The highest BCUT2D eigenvalue weighted by Gasteiger charge is 2.04. The van der Waals surface area contributed by atoms with Gasteiger partial charge in [0.2, 0.25) is 5.95 Å². The second-order valence-electron chi connectivity index (χ2n) is 4.78. The number of nitrogens with one attached hydrogen (secondary N) is 2. The van der Waals surface area contributed by atoms with E-state index in [1.807, 2.05) is 49.4 Å². The molecule has 3 rings (SSSR count). The molecule has 3 aromatic rings. The average Bonchev–Trinajstić information content (AvgIpc) is 3.00. The summed E-state index contributed by atoms with van der Waals surface area (Å²) in [7, 11) is 0. The molecule has 0 fully saturated rings. The molecule has 0 saturated heterocycles. The number of furan rings is 1. The maximum Gasteiger partial charge on any atom is 0.229 e. The Bertz CT molecular complexity index is 741. The second-order valence-corrected chi connectivity index (χ2v) is 5.70. The van der Waals surface area contributed by atoms with Crippen molar-refractivity contribution < 1.29 is 4.42 Å². The summed E-state index contributed by atoms with van der Waals surface area (Å²) in [6.07, 6.45) is 1.66. The number of aryl methyl sites for hydroxylation is 1. The van der Waals surface area contributed by atoms with Gasteiger partial charge in [0.25, 0.3) is 0 Å². The van der Waals surface area contributed by atoms with Crippen LogP contribution in [0.1, 0.15) is 11.5 Å². The van der Waals surface area contributed by atoms with Crippen molar-refractivity contribution in [2.45, 2.75) is 13.5 Å². The molecule has 0 bridgehead atoms. The van der Waals surface area contributed by atoms with Crippen molar-refractivity contribution in [2.75, 3.05) is 10.6 Å². The van der Waals surface area contributed by atoms with E-state index in [-0.39, 0.29) is 0 Å². The van der Waals surface area contributed by atoms with E-state index in [1.165, 1.54) is 0 Å². The van der Waals surface area contributed by atoms with E-state index < -0.39 is 0 Å². The Morgan fingerprint density at radius 2 is 1.95 bits per heavy atom. The van der Waals surface area contributed by atoms with Gasteiger partial charge >= 0.3 is 0 Å². The fourth-order valence-corrected chi connectivity index (χ4v) is 2.23. The van der Waals surface area contributed by atoms with Crippen LogP contribution >= 0.6 is 15.9 Å². The van der Waals surface area contributed by atoms with Crippen LogP contribution in [-0.4, -0.2) is 9.97 Å². The highest BCUT2D eigenvalue weighted by Crippen LogP contribution is 2.18. The monoisotopic (exact) mass is 358 g/mol. The molecule has 0 aliphatic rings. The van der Waals surface area contributed by atoms with Crippen LogP contribution in [0.25, 0.3) is 0 Å². The van der Waals surface area contributed by atoms with Gasteiger partial charge in [0.15, 0.2) is 0 Å². The molecule has 0 aliphatic carbocycles. The fourth-order valence-electron chi connectivity index (χ4n) is 1.97. The van der Waals surface area contributed by atoms with Crippen LogP contribution in [0.4, 0.5) is 17.5 Å². The minimum Gasteiger partial charge on any atom is -0.467 e. The molecule has 0 amide bonds. The third kappa shape index (κ3) is 3.85. The first-order chi connectivity index (χ1) is 10.7. The first-order valence-corrected chi connectivity index (χ1v) is 7.63. The maximum absolute atomic E-state index is 5.30. The van der Waals surface area contributed by atoms with Crippen LogP contribution in [0, 0.1) is 6.92 Å². The summed E-state index contributed by atoms with van der Waals surface area (Å²) in [4.78, 5) is 8.86. The smallest absolute Gasteiger partial charge is 0.229 e. The van der Waals surface area contributed by atoms with Gasteiger partial charge < -0.3 is 15.1 Å². The van der Waals surface area contributed by atoms with E-state index in [9.17, 15) is 0 Å². The van der Waals surface area contributed by atoms with Crippen LogP contribution in [0.5, 0.6) is 0 Å². The molecular formula is C16H15BrN4O. The highest BCUT2D eigenvalue weighted by molar-refractivity contribution is 9.10. The normalized spacial score (nSPS) is 10.5. The number of aromatic nitrogens is 2. The Morgan fingerprint density at radius 1 is 1.14 bits per heavy atom. The molecule has 2 aromatic heterocycles. The Labute approximate surface area is 136 Å². The van der Waals surface area contributed by atoms with Crippen LogP contribution in [0.3, 0.4) is 0 Å². The summed E-state index contributed by atoms with van der Waals surface area (Å²) in [5.74, 6) is 2.17. The second kappa shape index (κ2) is 6.62. The van der Waals surface area contributed by atoms with Gasteiger partial charge in [0.1, 0.15) is 11.6 Å². The van der Waals surface area contributed by atoms with Gasteiger partial charge in [-0.1, -0.05) is 15.9 Å². The lowest BCUT2D eigenvalue weighted by Gasteiger charge is -2.09. The number of hydrogen-bond acceptors (Lipinski definition) is 5. The number of benzene rings is 1. The van der Waals surface area contributed by atoms with E-state index in [0.717, 1.165) is 27.4 Å². The molecule has 112 valence electrons. The molecule has 0 spiro atoms. The first-order valence-electron chi connectivity index (χ1n) is 6.83. The number of hydrogen-bond donors (Lipinski definition) is 2. The van der Waals surface area contributed by atoms with Gasteiger partial charge in [-0.2, -0.15) is 4.98 Å². The third-order valence-electron chi connectivity index (χ3n) is 2.98. The number of nitrogens with zero attached hydrogens (tertiary/aromatic N) is 2. The number of rotatable bonds is 5. The van der Waals surface area contributed by atoms with Crippen molar-refractivity contribution in [2.24, 2.45) is 0 Å². The minimum atomic E-state index is 0.560. The standard InChI is InChI=1S/C16H15BrN4O/c1-11-9-15(18-10-14-3-2-8-22-14)21-16(19-11)20-13-6-4-12(17)5-7-13/h2-9H,10H2,1H3,(H2,18,19,20,21). The Hall–Kier alpha value is -2.34. The molecule has 0 atom stereocenters. The summed E-state index contributed by atoms with van der Waals surface area (Å²) in [5.41, 5.74) is 1.82. The SMILES string of the molecule is Cc1cc(NCc2ccco2)nc(Nc2ccc(Br)cc2)n1. The van der Waals surface area contributed by atoms with Gasteiger partial charge in [-0.15, -0.1) is 0 Å². The topological polar surface area (TPSA) is 63.0 Å². The van der Waals surface area contributed by atoms with Crippen molar-refractivity contribution >= 4 is 33.4 Å². The predicted molar refractivity (Wildman–Crippen MR) is 90.2 cm³/mol. The lowest BCUT2D eigenvalue weighted by molar-refractivity contribution is 0.518. The zero-order valence-electron chi connectivity index (χ0n) is 12.0. The van der Waals surface area contributed by atoms with Gasteiger partial charge in [-0.05, 0) is 43.3 Å².